The minimum absolute atomic E-state index is 0.0317. The van der Waals surface area contributed by atoms with Crippen molar-refractivity contribution in [1.29, 1.82) is 0 Å². The molecule has 1 aliphatic rings. The van der Waals surface area contributed by atoms with Crippen LogP contribution in [0.3, 0.4) is 0 Å². The van der Waals surface area contributed by atoms with Crippen LogP contribution in [0, 0.1) is 5.92 Å². The van der Waals surface area contributed by atoms with Crippen molar-refractivity contribution >= 4 is 70.0 Å². The number of benzene rings is 2. The number of primary amides is 2. The van der Waals surface area contributed by atoms with Crippen LogP contribution in [-0.4, -0.2) is 136 Å². The summed E-state index contributed by atoms with van der Waals surface area (Å²) >= 11 is 0. The van der Waals surface area contributed by atoms with Gasteiger partial charge in [-0.25, -0.2) is 0 Å². The average molecular weight is 934 g/mol. The SMILES string of the molecule is CC(C)C[C@H](NC(=O)[C@@H]1CCC(=O)N1)C(=O)N[C@@H](CC(N)=O)C(=O)N[C@@H](Cc1ccccc1)C(=O)N[C@@H](CO)C(=O)N[C@H](C(=O)NCC(=O)N[C@@H](Cc1c[nH]c2ccccc12)C(N)=O)[C@@H](C)O. The molecule has 23 nitrogen and oxygen atoms in total. The number of aliphatic hydroxyl groups excluding tert-OH is 2. The van der Waals surface area contributed by atoms with Crippen molar-refractivity contribution in [3.63, 3.8) is 0 Å². The van der Waals surface area contributed by atoms with E-state index in [-0.39, 0.29) is 43.9 Å². The van der Waals surface area contributed by atoms with Crippen molar-refractivity contribution in [3.05, 3.63) is 71.9 Å². The van der Waals surface area contributed by atoms with Crippen LogP contribution in [0.25, 0.3) is 10.9 Å². The van der Waals surface area contributed by atoms with Crippen LogP contribution in [-0.2, 0) is 60.8 Å². The molecular formula is C44H59N11O12. The minimum Gasteiger partial charge on any atom is -0.394 e. The monoisotopic (exact) mass is 933 g/mol. The van der Waals surface area contributed by atoms with Crippen LogP contribution >= 0.6 is 0 Å². The third-order valence-electron chi connectivity index (χ3n) is 10.7. The van der Waals surface area contributed by atoms with Crippen molar-refractivity contribution in [2.75, 3.05) is 13.2 Å². The van der Waals surface area contributed by atoms with Gasteiger partial charge in [-0.15, -0.1) is 0 Å². The van der Waals surface area contributed by atoms with Gasteiger partial charge in [-0.05, 0) is 42.9 Å². The highest BCUT2D eigenvalue weighted by Crippen LogP contribution is 2.19. The van der Waals surface area contributed by atoms with Crippen LogP contribution in [0.2, 0.25) is 0 Å². The highest BCUT2D eigenvalue weighted by atomic mass is 16.3. The van der Waals surface area contributed by atoms with Gasteiger partial charge in [-0.3, -0.25) is 47.9 Å². The Labute approximate surface area is 385 Å². The molecule has 23 heteroatoms. The van der Waals surface area contributed by atoms with Crippen molar-refractivity contribution < 1.29 is 58.2 Å². The molecule has 362 valence electrons. The van der Waals surface area contributed by atoms with E-state index in [2.05, 4.69) is 47.5 Å². The largest absolute Gasteiger partial charge is 0.394 e. The normalized spacial score (nSPS) is 16.4. The number of aliphatic hydroxyl groups is 2. The summed E-state index contributed by atoms with van der Waals surface area (Å²) < 4.78 is 0. The summed E-state index contributed by atoms with van der Waals surface area (Å²) in [5.74, 6) is -8.93. The maximum absolute atomic E-state index is 13.9. The molecule has 15 N–H and O–H groups in total. The number of H-pyrrole nitrogens is 1. The molecule has 3 aromatic rings. The summed E-state index contributed by atoms with van der Waals surface area (Å²) in [4.78, 5) is 133. The van der Waals surface area contributed by atoms with Gasteiger partial charge in [0.15, 0.2) is 0 Å². The first-order chi connectivity index (χ1) is 31.8. The maximum Gasteiger partial charge on any atom is 0.245 e. The van der Waals surface area contributed by atoms with E-state index in [4.69, 9.17) is 11.5 Å². The summed E-state index contributed by atoms with van der Waals surface area (Å²) in [5, 5.41) is 40.7. The lowest BCUT2D eigenvalue weighted by atomic mass is 10.0. The summed E-state index contributed by atoms with van der Waals surface area (Å²) in [6.07, 6.45) is -0.389. The topological polar surface area (TPSA) is 375 Å². The fourth-order valence-electron chi connectivity index (χ4n) is 7.19. The van der Waals surface area contributed by atoms with Crippen LogP contribution < -0.4 is 54.0 Å². The minimum atomic E-state index is -1.79. The number of nitrogens with one attached hydrogen (secondary N) is 9. The molecule has 1 saturated heterocycles. The number of aromatic amines is 1. The number of aromatic nitrogens is 1. The standard InChI is InChI=1S/C44H59N11O12/c1-22(2)15-30(51-39(62)28-13-14-35(59)49-28)40(63)53-32(18-34(45)58)42(65)52-31(16-24-9-5-4-6-10-24)41(64)54-33(21-56)43(66)55-37(23(3)57)44(67)48-20-36(60)50-29(38(46)61)17-25-19-47-27-12-8-7-11-26(25)27/h4-12,19,22-23,28-33,37,47,56-57H,13-18,20-21H2,1-3H3,(H2,45,58)(H2,46,61)(H,48,67)(H,49,59)(H,50,60)(H,51,62)(H,52,65)(H,53,63)(H,54,64)(H,55,66)/t23-,28+,29+,30+,31+,32+,33+,37+/m1/s1. The summed E-state index contributed by atoms with van der Waals surface area (Å²) in [5.41, 5.74) is 13.0. The van der Waals surface area contributed by atoms with E-state index in [0.29, 0.717) is 11.1 Å². The molecule has 0 aliphatic carbocycles. The summed E-state index contributed by atoms with van der Waals surface area (Å²) in [6, 6.07) is 5.57. The second kappa shape index (κ2) is 24.8. The Morgan fingerprint density at radius 2 is 1.33 bits per heavy atom. The molecular weight excluding hydrogens is 875 g/mol. The van der Waals surface area contributed by atoms with Gasteiger partial charge in [-0.1, -0.05) is 62.4 Å². The average Bonchev–Trinajstić information content (AvgIpc) is 3.91. The first-order valence-electron chi connectivity index (χ1n) is 21.6. The van der Waals surface area contributed by atoms with Gasteiger partial charge < -0.3 is 69.2 Å². The number of nitrogens with two attached hydrogens (primary N) is 2. The Bertz CT molecular complexity index is 2290. The van der Waals surface area contributed by atoms with Gasteiger partial charge in [0.25, 0.3) is 0 Å². The van der Waals surface area contributed by atoms with Gasteiger partial charge in [0.2, 0.25) is 59.1 Å². The lowest BCUT2D eigenvalue weighted by Crippen LogP contribution is -2.61. The lowest BCUT2D eigenvalue weighted by Gasteiger charge is -2.27. The molecule has 0 saturated carbocycles. The number of fused-ring (bicyclic) bond motifs is 1. The molecule has 10 amide bonds. The van der Waals surface area contributed by atoms with E-state index in [0.717, 1.165) is 17.8 Å². The third-order valence-corrected chi connectivity index (χ3v) is 10.7. The number of rotatable bonds is 25. The Kier molecular flexibility index (Phi) is 19.3. The van der Waals surface area contributed by atoms with E-state index in [1.807, 2.05) is 18.2 Å². The fraction of sp³-hybridized carbons (Fsp3) is 0.455. The lowest BCUT2D eigenvalue weighted by molar-refractivity contribution is -0.137. The number of para-hydroxylation sites is 1. The molecule has 67 heavy (non-hydrogen) atoms. The molecule has 1 fully saturated rings. The summed E-state index contributed by atoms with van der Waals surface area (Å²) in [6.45, 7) is 2.97. The first kappa shape index (κ1) is 52.2. The Morgan fingerprint density at radius 3 is 1.94 bits per heavy atom. The predicted octanol–water partition coefficient (Wildman–Crippen LogP) is -3.96. The highest BCUT2D eigenvalue weighted by molar-refractivity contribution is 5.99. The first-order valence-corrected chi connectivity index (χ1v) is 21.6. The van der Waals surface area contributed by atoms with Crippen molar-refractivity contribution in [3.8, 4) is 0 Å². The van der Waals surface area contributed by atoms with E-state index in [1.165, 1.54) is 0 Å². The van der Waals surface area contributed by atoms with Gasteiger partial charge in [-0.2, -0.15) is 0 Å². The third kappa shape index (κ3) is 15.9. The second-order valence-corrected chi connectivity index (χ2v) is 16.6. The van der Waals surface area contributed by atoms with E-state index in [9.17, 15) is 58.2 Å². The zero-order valence-electron chi connectivity index (χ0n) is 37.3. The zero-order valence-corrected chi connectivity index (χ0v) is 37.3. The van der Waals surface area contributed by atoms with Crippen LogP contribution in [0.1, 0.15) is 57.6 Å². The van der Waals surface area contributed by atoms with E-state index < -0.39 is 121 Å². The molecule has 0 spiro atoms. The molecule has 0 unspecified atom stereocenters. The highest BCUT2D eigenvalue weighted by Gasteiger charge is 2.36. The second-order valence-electron chi connectivity index (χ2n) is 16.6. The predicted molar refractivity (Wildman–Crippen MR) is 239 cm³/mol. The number of amides is 10. The van der Waals surface area contributed by atoms with E-state index >= 15 is 0 Å². The smallest absolute Gasteiger partial charge is 0.245 e. The van der Waals surface area contributed by atoms with Crippen LogP contribution in [0.5, 0.6) is 0 Å². The Morgan fingerprint density at radius 1 is 0.716 bits per heavy atom. The van der Waals surface area contributed by atoms with Crippen molar-refractivity contribution in [2.24, 2.45) is 17.4 Å². The number of hydrogen-bond donors (Lipinski definition) is 13. The quantitative estimate of drug-likeness (QED) is 0.0387. The molecule has 0 radical (unpaired) electrons. The number of hydrogen-bond acceptors (Lipinski definition) is 12. The van der Waals surface area contributed by atoms with Crippen LogP contribution in [0.4, 0.5) is 0 Å². The zero-order chi connectivity index (χ0) is 49.4. The molecule has 2 aromatic carbocycles. The van der Waals surface area contributed by atoms with Gasteiger partial charge in [0.05, 0.1) is 25.7 Å². The molecule has 1 aromatic heterocycles. The van der Waals surface area contributed by atoms with Gasteiger partial charge in [0, 0.05) is 36.4 Å². The number of carbonyl (C=O) groups excluding carboxylic acids is 10. The molecule has 4 rings (SSSR count). The van der Waals surface area contributed by atoms with Gasteiger partial charge in [0.1, 0.15) is 42.3 Å². The fourth-order valence-corrected chi connectivity index (χ4v) is 7.19. The van der Waals surface area contributed by atoms with Crippen molar-refractivity contribution in [1.82, 2.24) is 47.5 Å². The molecule has 0 bridgehead atoms. The number of carbonyl (C=O) groups is 10. The van der Waals surface area contributed by atoms with Crippen LogP contribution in [0.15, 0.2) is 60.8 Å². The molecule has 8 atom stereocenters. The maximum atomic E-state index is 13.9. The van der Waals surface area contributed by atoms with Gasteiger partial charge >= 0.3 is 0 Å². The summed E-state index contributed by atoms with van der Waals surface area (Å²) in [7, 11) is 0. The Hall–Kier alpha value is -7.40. The van der Waals surface area contributed by atoms with E-state index in [1.54, 1.807) is 56.4 Å². The van der Waals surface area contributed by atoms with Crippen molar-refractivity contribution in [2.45, 2.75) is 108 Å². The molecule has 1 aliphatic heterocycles. The molecule has 2 heterocycles. The Balaban J connectivity index is 1.42.